The van der Waals surface area contributed by atoms with E-state index >= 15 is 0 Å². The van der Waals surface area contributed by atoms with Crippen LogP contribution in [0.25, 0.3) is 0 Å². The van der Waals surface area contributed by atoms with Crippen LogP contribution in [0.15, 0.2) is 24.3 Å². The lowest BCUT2D eigenvalue weighted by Crippen LogP contribution is -2.16. The fourth-order valence-electron chi connectivity index (χ4n) is 1.26. The number of hydrogen-bond donors (Lipinski definition) is 0. The van der Waals surface area contributed by atoms with E-state index < -0.39 is 6.36 Å². The van der Waals surface area contributed by atoms with E-state index in [1.165, 1.54) is 24.3 Å². The Morgan fingerprint density at radius 2 is 1.67 bits per heavy atom. The fraction of sp³-hybridized carbons (Fsp3) is 0.417. The molecule has 0 unspecified atom stereocenters. The van der Waals surface area contributed by atoms with Gasteiger partial charge in [0.2, 0.25) is 0 Å². The van der Waals surface area contributed by atoms with Crippen molar-refractivity contribution >= 4 is 6.29 Å². The first-order valence-electron chi connectivity index (χ1n) is 5.43. The van der Waals surface area contributed by atoms with Crippen LogP contribution in [0.1, 0.15) is 19.3 Å². The molecule has 0 aliphatic rings. The minimum absolute atomic E-state index is 0.282. The molecule has 1 aromatic rings. The molecule has 0 aromatic heterocycles. The van der Waals surface area contributed by atoms with Gasteiger partial charge in [-0.1, -0.05) is 0 Å². The Bertz CT molecular complexity index is 360. The Kier molecular flexibility index (Phi) is 5.48. The Morgan fingerprint density at radius 3 is 2.22 bits per heavy atom. The summed E-state index contributed by atoms with van der Waals surface area (Å²) in [5.74, 6) is 0.187. The lowest BCUT2D eigenvalue weighted by molar-refractivity contribution is -0.274. The van der Waals surface area contributed by atoms with Crippen molar-refractivity contribution in [3.05, 3.63) is 24.3 Å². The third-order valence-electron chi connectivity index (χ3n) is 2.04. The molecule has 0 aliphatic carbocycles. The Morgan fingerprint density at radius 1 is 1.06 bits per heavy atom. The molecular weight excluding hydrogens is 249 g/mol. The molecule has 0 saturated carbocycles. The monoisotopic (exact) mass is 262 g/mol. The maximum atomic E-state index is 11.9. The summed E-state index contributed by atoms with van der Waals surface area (Å²) in [7, 11) is 0. The summed E-state index contributed by atoms with van der Waals surface area (Å²) >= 11 is 0. The minimum Gasteiger partial charge on any atom is -0.494 e. The van der Waals surface area contributed by atoms with Crippen molar-refractivity contribution in [1.29, 1.82) is 0 Å². The number of unbranched alkanes of at least 4 members (excludes halogenated alkanes) is 2. The molecule has 0 aliphatic heterocycles. The summed E-state index contributed by atoms with van der Waals surface area (Å²) in [6.45, 7) is 0.424. The number of alkyl halides is 3. The lowest BCUT2D eigenvalue weighted by Gasteiger charge is -2.10. The van der Waals surface area contributed by atoms with Gasteiger partial charge in [0.1, 0.15) is 17.8 Å². The molecule has 0 amide bonds. The zero-order chi connectivity index (χ0) is 13.4. The molecule has 0 fully saturated rings. The summed E-state index contributed by atoms with van der Waals surface area (Å²) in [6, 6.07) is 5.18. The van der Waals surface area contributed by atoms with Crippen LogP contribution in [0.5, 0.6) is 11.5 Å². The first-order valence-corrected chi connectivity index (χ1v) is 5.43. The van der Waals surface area contributed by atoms with E-state index in [9.17, 15) is 18.0 Å². The normalized spacial score (nSPS) is 11.1. The van der Waals surface area contributed by atoms with Crippen LogP contribution in [-0.4, -0.2) is 19.3 Å². The van der Waals surface area contributed by atoms with Gasteiger partial charge in [0, 0.05) is 6.42 Å². The lowest BCUT2D eigenvalue weighted by atomic mass is 10.2. The van der Waals surface area contributed by atoms with Gasteiger partial charge in [-0.15, -0.1) is 13.2 Å². The zero-order valence-corrected chi connectivity index (χ0v) is 9.57. The number of hydrogen-bond acceptors (Lipinski definition) is 3. The van der Waals surface area contributed by atoms with Crippen molar-refractivity contribution in [1.82, 2.24) is 0 Å². The van der Waals surface area contributed by atoms with E-state index in [1.54, 1.807) is 0 Å². The highest BCUT2D eigenvalue weighted by molar-refractivity contribution is 5.48. The van der Waals surface area contributed by atoms with E-state index in [-0.39, 0.29) is 5.75 Å². The third kappa shape index (κ3) is 6.12. The molecular formula is C12H13F3O3. The second-order valence-corrected chi connectivity index (χ2v) is 3.53. The number of rotatable bonds is 7. The number of halogens is 3. The largest absolute Gasteiger partial charge is 0.573 e. The second kappa shape index (κ2) is 6.88. The predicted molar refractivity (Wildman–Crippen MR) is 58.5 cm³/mol. The molecule has 6 heteroatoms. The van der Waals surface area contributed by atoms with Gasteiger partial charge in [0.05, 0.1) is 6.61 Å². The highest BCUT2D eigenvalue weighted by Gasteiger charge is 2.30. The first-order chi connectivity index (χ1) is 8.51. The van der Waals surface area contributed by atoms with Crippen molar-refractivity contribution < 1.29 is 27.4 Å². The third-order valence-corrected chi connectivity index (χ3v) is 2.04. The van der Waals surface area contributed by atoms with Gasteiger partial charge in [-0.2, -0.15) is 0 Å². The molecule has 0 radical (unpaired) electrons. The highest BCUT2D eigenvalue weighted by atomic mass is 19.4. The van der Waals surface area contributed by atoms with Crippen LogP contribution in [0.4, 0.5) is 13.2 Å². The molecule has 0 saturated heterocycles. The van der Waals surface area contributed by atoms with Crippen LogP contribution in [-0.2, 0) is 4.79 Å². The molecule has 0 spiro atoms. The molecule has 1 rings (SSSR count). The average molecular weight is 262 g/mol. The van der Waals surface area contributed by atoms with Crippen LogP contribution in [0, 0.1) is 0 Å². The summed E-state index contributed by atoms with van der Waals surface area (Å²) < 4.78 is 44.6. The van der Waals surface area contributed by atoms with Gasteiger partial charge in [0.15, 0.2) is 0 Å². The van der Waals surface area contributed by atoms with E-state index in [0.717, 1.165) is 19.1 Å². The highest BCUT2D eigenvalue weighted by Crippen LogP contribution is 2.24. The van der Waals surface area contributed by atoms with Crippen molar-refractivity contribution in [2.45, 2.75) is 25.6 Å². The van der Waals surface area contributed by atoms with Gasteiger partial charge in [-0.25, -0.2) is 0 Å². The molecule has 0 heterocycles. The van der Waals surface area contributed by atoms with Gasteiger partial charge in [-0.05, 0) is 37.1 Å². The maximum Gasteiger partial charge on any atom is 0.573 e. The molecule has 0 atom stereocenters. The summed E-state index contributed by atoms with van der Waals surface area (Å²) in [5.41, 5.74) is 0. The number of ether oxygens (including phenoxy) is 2. The van der Waals surface area contributed by atoms with Crippen LogP contribution >= 0.6 is 0 Å². The summed E-state index contributed by atoms with van der Waals surface area (Å²) in [5, 5.41) is 0. The molecule has 100 valence electrons. The maximum absolute atomic E-state index is 11.9. The fourth-order valence-corrected chi connectivity index (χ4v) is 1.26. The van der Waals surface area contributed by atoms with Crippen molar-refractivity contribution in [2.24, 2.45) is 0 Å². The van der Waals surface area contributed by atoms with Gasteiger partial charge in [0.25, 0.3) is 0 Å². The summed E-state index contributed by atoms with van der Waals surface area (Å²) in [6.07, 6.45) is -1.90. The van der Waals surface area contributed by atoms with E-state index in [1.807, 2.05) is 0 Å². The van der Waals surface area contributed by atoms with Crippen LogP contribution < -0.4 is 9.47 Å². The Labute approximate surface area is 103 Å². The number of carbonyl (C=O) groups is 1. The SMILES string of the molecule is O=CCCCCOc1ccc(OC(F)(F)F)cc1. The quantitative estimate of drug-likeness (QED) is 0.558. The van der Waals surface area contributed by atoms with Crippen LogP contribution in [0.3, 0.4) is 0 Å². The second-order valence-electron chi connectivity index (χ2n) is 3.53. The van der Waals surface area contributed by atoms with Crippen molar-refractivity contribution in [3.8, 4) is 11.5 Å². The van der Waals surface area contributed by atoms with Crippen LogP contribution in [0.2, 0.25) is 0 Å². The predicted octanol–water partition coefficient (Wildman–Crippen LogP) is 3.33. The van der Waals surface area contributed by atoms with E-state index in [0.29, 0.717) is 18.8 Å². The van der Waals surface area contributed by atoms with Gasteiger partial charge in [-0.3, -0.25) is 0 Å². The van der Waals surface area contributed by atoms with Crippen molar-refractivity contribution in [3.63, 3.8) is 0 Å². The smallest absolute Gasteiger partial charge is 0.494 e. The molecule has 1 aromatic carbocycles. The van der Waals surface area contributed by atoms with Gasteiger partial charge >= 0.3 is 6.36 Å². The summed E-state index contributed by atoms with van der Waals surface area (Å²) in [4.78, 5) is 10.0. The number of carbonyl (C=O) groups excluding carboxylic acids is 1. The molecule has 0 N–H and O–H groups in total. The standard InChI is InChI=1S/C12H13F3O3/c13-12(14,15)18-11-6-4-10(5-7-11)17-9-3-1-2-8-16/h4-8H,1-3,9H2. The molecule has 18 heavy (non-hydrogen) atoms. The average Bonchev–Trinajstić information content (AvgIpc) is 2.29. The van der Waals surface area contributed by atoms with Gasteiger partial charge < -0.3 is 14.3 Å². The van der Waals surface area contributed by atoms with E-state index in [2.05, 4.69) is 4.74 Å². The Hall–Kier alpha value is -1.72. The number of benzene rings is 1. The number of aldehydes is 1. The van der Waals surface area contributed by atoms with Crippen molar-refractivity contribution in [2.75, 3.05) is 6.61 Å². The molecule has 0 bridgehead atoms. The first kappa shape index (κ1) is 14.3. The molecule has 3 nitrogen and oxygen atoms in total. The topological polar surface area (TPSA) is 35.5 Å². The minimum atomic E-state index is -4.68. The Balaban J connectivity index is 2.34. The van der Waals surface area contributed by atoms with E-state index in [4.69, 9.17) is 4.74 Å². The zero-order valence-electron chi connectivity index (χ0n) is 9.57.